The first-order valence-corrected chi connectivity index (χ1v) is 12.2. The Balaban J connectivity index is 1.57. The number of rotatable bonds is 7. The summed E-state index contributed by atoms with van der Waals surface area (Å²) in [4.78, 5) is 42.2. The molecule has 1 aromatic heterocycles. The number of nitrogens with zero attached hydrogens (tertiary/aromatic N) is 1. The predicted molar refractivity (Wildman–Crippen MR) is 136 cm³/mol. The number of amides is 1. The monoisotopic (exact) mass is 476 g/mol. The Hall–Kier alpha value is -3.61. The van der Waals surface area contributed by atoms with Crippen molar-refractivity contribution in [2.24, 2.45) is 5.41 Å². The summed E-state index contributed by atoms with van der Waals surface area (Å²) in [6.07, 6.45) is 3.43. The van der Waals surface area contributed by atoms with E-state index in [0.29, 0.717) is 36.9 Å². The molecule has 0 saturated carbocycles. The van der Waals surface area contributed by atoms with Gasteiger partial charge in [-0.25, -0.2) is 0 Å². The summed E-state index contributed by atoms with van der Waals surface area (Å²) in [6.45, 7) is 6.36. The highest BCUT2D eigenvalue weighted by atomic mass is 16.5. The zero-order valence-corrected chi connectivity index (χ0v) is 20.5. The lowest BCUT2D eigenvalue weighted by Gasteiger charge is -2.40. The summed E-state index contributed by atoms with van der Waals surface area (Å²) in [7, 11) is 0. The standard InChI is InChI=1S/C28H32N2O5/c1-4-12-28(27(33)34)13-7-14-30(17-28)26(32)19(3)35-20-10-11-22-23(15-20)25(31)29-16-24(22)21-9-6-5-8-18(21)2/h5-6,8-11,15-16,19H,4,7,12-14,17H2,1-3H3,(H,29,31)(H,33,34)/t19-,28-/m1/s1. The van der Waals surface area contributed by atoms with E-state index in [9.17, 15) is 19.5 Å². The minimum atomic E-state index is -0.898. The van der Waals surface area contributed by atoms with Gasteiger partial charge in [0, 0.05) is 24.8 Å². The molecule has 1 fully saturated rings. The van der Waals surface area contributed by atoms with Crippen LogP contribution in [-0.2, 0) is 9.59 Å². The third kappa shape index (κ3) is 4.81. The Morgan fingerprint density at radius 1 is 1.17 bits per heavy atom. The van der Waals surface area contributed by atoms with E-state index in [1.165, 1.54) is 0 Å². The molecule has 1 aliphatic rings. The number of likely N-dealkylation sites (tertiary alicyclic amines) is 1. The van der Waals surface area contributed by atoms with Gasteiger partial charge in [-0.05, 0) is 67.8 Å². The first kappa shape index (κ1) is 24.5. The van der Waals surface area contributed by atoms with Crippen LogP contribution in [0.4, 0.5) is 0 Å². The molecule has 2 aromatic carbocycles. The predicted octanol–water partition coefficient (Wildman–Crippen LogP) is 4.76. The molecule has 0 radical (unpaired) electrons. The number of benzene rings is 2. The Kier molecular flexibility index (Phi) is 6.96. The van der Waals surface area contributed by atoms with Crippen LogP contribution in [0.25, 0.3) is 21.9 Å². The van der Waals surface area contributed by atoms with Gasteiger partial charge in [0.15, 0.2) is 6.10 Å². The lowest BCUT2D eigenvalue weighted by molar-refractivity contribution is -0.157. The molecule has 0 unspecified atom stereocenters. The highest BCUT2D eigenvalue weighted by Gasteiger charge is 2.43. The molecule has 7 nitrogen and oxygen atoms in total. The van der Waals surface area contributed by atoms with Crippen LogP contribution in [0.15, 0.2) is 53.5 Å². The number of hydrogen-bond donors (Lipinski definition) is 2. The summed E-state index contributed by atoms with van der Waals surface area (Å²) >= 11 is 0. The number of fused-ring (bicyclic) bond motifs is 1. The summed E-state index contributed by atoms with van der Waals surface area (Å²) in [6, 6.07) is 13.2. The Morgan fingerprint density at radius 2 is 1.94 bits per heavy atom. The zero-order chi connectivity index (χ0) is 25.2. The van der Waals surface area contributed by atoms with Crippen molar-refractivity contribution in [1.82, 2.24) is 9.88 Å². The van der Waals surface area contributed by atoms with Gasteiger partial charge in [0.05, 0.1) is 10.8 Å². The van der Waals surface area contributed by atoms with Crippen LogP contribution in [0.1, 0.15) is 45.1 Å². The number of nitrogens with one attached hydrogen (secondary N) is 1. The summed E-state index contributed by atoms with van der Waals surface area (Å²) < 4.78 is 5.96. The van der Waals surface area contributed by atoms with E-state index in [-0.39, 0.29) is 18.0 Å². The Labute approximate surface area is 204 Å². The van der Waals surface area contributed by atoms with Crippen LogP contribution in [0.5, 0.6) is 5.75 Å². The molecule has 0 aliphatic carbocycles. The quantitative estimate of drug-likeness (QED) is 0.512. The van der Waals surface area contributed by atoms with E-state index < -0.39 is 17.5 Å². The van der Waals surface area contributed by atoms with Crippen molar-refractivity contribution in [3.63, 3.8) is 0 Å². The van der Waals surface area contributed by atoms with Crippen LogP contribution in [-0.4, -0.2) is 46.1 Å². The fraction of sp³-hybridized carbons (Fsp3) is 0.393. The van der Waals surface area contributed by atoms with Crippen LogP contribution in [0, 0.1) is 12.3 Å². The van der Waals surface area contributed by atoms with Crippen LogP contribution in [0.2, 0.25) is 0 Å². The molecular weight excluding hydrogens is 444 g/mol. The maximum Gasteiger partial charge on any atom is 0.311 e. The van der Waals surface area contributed by atoms with Gasteiger partial charge < -0.3 is 19.7 Å². The number of hydrogen-bond acceptors (Lipinski definition) is 4. The lowest BCUT2D eigenvalue weighted by Crippen LogP contribution is -2.52. The molecule has 35 heavy (non-hydrogen) atoms. The molecular formula is C28H32N2O5. The summed E-state index contributed by atoms with van der Waals surface area (Å²) in [5.74, 6) is -0.668. The largest absolute Gasteiger partial charge is 0.481 e. The first-order valence-electron chi connectivity index (χ1n) is 12.2. The number of aromatic amines is 1. The van der Waals surface area contributed by atoms with Crippen molar-refractivity contribution >= 4 is 22.6 Å². The number of aryl methyl sites for hydroxylation is 1. The van der Waals surface area contributed by atoms with E-state index in [1.54, 1.807) is 30.2 Å². The van der Waals surface area contributed by atoms with E-state index in [0.717, 1.165) is 28.5 Å². The molecule has 1 aliphatic heterocycles. The SMILES string of the molecule is CCC[C@@]1(C(=O)O)CCCN(C(=O)[C@@H](C)Oc2ccc3c(-c4ccccc4C)c[nH]c(=O)c3c2)C1. The summed E-state index contributed by atoms with van der Waals surface area (Å²) in [5.41, 5.74) is 1.92. The lowest BCUT2D eigenvalue weighted by atomic mass is 9.76. The number of ether oxygens (including phenoxy) is 1. The number of H-pyrrole nitrogens is 1. The van der Waals surface area contributed by atoms with E-state index >= 15 is 0 Å². The second kappa shape index (κ2) is 9.94. The molecule has 1 amide bonds. The van der Waals surface area contributed by atoms with Crippen LogP contribution in [0.3, 0.4) is 0 Å². The number of aliphatic carboxylic acids is 1. The fourth-order valence-corrected chi connectivity index (χ4v) is 5.21. The molecule has 3 aromatic rings. The highest BCUT2D eigenvalue weighted by molar-refractivity contribution is 5.97. The average Bonchev–Trinajstić information content (AvgIpc) is 2.85. The Morgan fingerprint density at radius 3 is 2.66 bits per heavy atom. The van der Waals surface area contributed by atoms with E-state index in [2.05, 4.69) is 4.98 Å². The number of piperidine rings is 1. The van der Waals surface area contributed by atoms with Crippen molar-refractivity contribution in [3.05, 3.63) is 64.6 Å². The number of pyridine rings is 1. The van der Waals surface area contributed by atoms with Gasteiger partial charge in [-0.1, -0.05) is 37.6 Å². The highest BCUT2D eigenvalue weighted by Crippen LogP contribution is 2.36. The van der Waals surface area contributed by atoms with Gasteiger partial charge >= 0.3 is 5.97 Å². The number of carboxylic acid groups (broad SMARTS) is 1. The first-order chi connectivity index (χ1) is 16.8. The molecule has 2 heterocycles. The molecule has 7 heteroatoms. The fourth-order valence-electron chi connectivity index (χ4n) is 5.21. The second-order valence-electron chi connectivity index (χ2n) is 9.51. The normalized spacial score (nSPS) is 18.9. The number of carboxylic acids is 1. The Bertz CT molecular complexity index is 1310. The topological polar surface area (TPSA) is 99.7 Å². The molecule has 184 valence electrons. The molecule has 2 N–H and O–H groups in total. The maximum absolute atomic E-state index is 13.2. The van der Waals surface area contributed by atoms with Crippen molar-refractivity contribution in [2.45, 2.75) is 52.6 Å². The van der Waals surface area contributed by atoms with Gasteiger partial charge in [0.2, 0.25) is 0 Å². The van der Waals surface area contributed by atoms with Gasteiger partial charge in [0.1, 0.15) is 5.75 Å². The number of carbonyl (C=O) groups is 2. The third-order valence-corrected chi connectivity index (χ3v) is 7.04. The molecule has 2 atom stereocenters. The number of aromatic nitrogens is 1. The van der Waals surface area contributed by atoms with E-state index in [1.807, 2.05) is 44.2 Å². The minimum Gasteiger partial charge on any atom is -0.481 e. The second-order valence-corrected chi connectivity index (χ2v) is 9.51. The molecule has 0 spiro atoms. The third-order valence-electron chi connectivity index (χ3n) is 7.04. The van der Waals surface area contributed by atoms with Crippen LogP contribution >= 0.6 is 0 Å². The minimum absolute atomic E-state index is 0.194. The smallest absolute Gasteiger partial charge is 0.311 e. The van der Waals surface area contributed by atoms with Gasteiger partial charge in [-0.2, -0.15) is 0 Å². The number of carbonyl (C=O) groups excluding carboxylic acids is 1. The molecule has 1 saturated heterocycles. The average molecular weight is 477 g/mol. The van der Waals surface area contributed by atoms with Crippen molar-refractivity contribution < 1.29 is 19.4 Å². The zero-order valence-electron chi connectivity index (χ0n) is 20.5. The van der Waals surface area contributed by atoms with Gasteiger partial charge in [-0.3, -0.25) is 14.4 Å². The van der Waals surface area contributed by atoms with Crippen LogP contribution < -0.4 is 10.3 Å². The maximum atomic E-state index is 13.2. The van der Waals surface area contributed by atoms with Crippen molar-refractivity contribution in [1.29, 1.82) is 0 Å². The molecule has 0 bridgehead atoms. The van der Waals surface area contributed by atoms with Crippen molar-refractivity contribution in [3.8, 4) is 16.9 Å². The van der Waals surface area contributed by atoms with Gasteiger partial charge in [-0.15, -0.1) is 0 Å². The molecule has 4 rings (SSSR count). The summed E-state index contributed by atoms with van der Waals surface area (Å²) in [5, 5.41) is 11.1. The van der Waals surface area contributed by atoms with E-state index in [4.69, 9.17) is 4.74 Å². The van der Waals surface area contributed by atoms with Crippen molar-refractivity contribution in [2.75, 3.05) is 13.1 Å². The van der Waals surface area contributed by atoms with Gasteiger partial charge in [0.25, 0.3) is 11.5 Å².